The van der Waals surface area contributed by atoms with Crippen molar-refractivity contribution < 1.29 is 9.59 Å². The Hall–Kier alpha value is -2.88. The van der Waals surface area contributed by atoms with Crippen LogP contribution in [0, 0.1) is 0 Å². The van der Waals surface area contributed by atoms with Gasteiger partial charge in [0.05, 0.1) is 6.42 Å². The predicted molar refractivity (Wildman–Crippen MR) is 126 cm³/mol. The molecule has 1 N–H and O–H groups in total. The van der Waals surface area contributed by atoms with E-state index in [-0.39, 0.29) is 24.3 Å². The second-order valence-electron chi connectivity index (χ2n) is 9.13. The van der Waals surface area contributed by atoms with E-state index in [4.69, 9.17) is 0 Å². The molecule has 0 radical (unpaired) electrons. The van der Waals surface area contributed by atoms with Crippen LogP contribution in [-0.2, 0) is 9.59 Å². The summed E-state index contributed by atoms with van der Waals surface area (Å²) in [7, 11) is 0. The van der Waals surface area contributed by atoms with Crippen LogP contribution in [-0.4, -0.2) is 23.4 Å². The minimum Gasteiger partial charge on any atom is -0.351 e. The van der Waals surface area contributed by atoms with Crippen molar-refractivity contribution in [1.29, 1.82) is 0 Å². The highest BCUT2D eigenvalue weighted by Gasteiger charge is 2.55. The normalized spacial score (nSPS) is 22.0. The number of hydrogen-bond donors (Lipinski definition) is 1. The molecule has 1 aliphatic heterocycles. The molecule has 1 saturated heterocycles. The highest BCUT2D eigenvalue weighted by molar-refractivity contribution is 6.15. The fraction of sp³-hybridized carbons (Fsp3) is 0.407. The Morgan fingerprint density at radius 3 is 2.32 bits per heavy atom. The third kappa shape index (κ3) is 4.43. The predicted octanol–water partition coefficient (Wildman–Crippen LogP) is 5.45. The molecule has 162 valence electrons. The molecule has 2 aromatic rings. The summed E-state index contributed by atoms with van der Waals surface area (Å²) in [6, 6.07) is 18.2. The number of nitrogens with one attached hydrogen (secondary N) is 1. The maximum Gasteiger partial charge on any atom is 0.251 e. The molecule has 2 aromatic carbocycles. The van der Waals surface area contributed by atoms with Crippen molar-refractivity contribution in [2.24, 2.45) is 0 Å². The van der Waals surface area contributed by atoms with Crippen LogP contribution in [0.5, 0.6) is 0 Å². The highest BCUT2D eigenvalue weighted by Crippen LogP contribution is 2.40. The van der Waals surface area contributed by atoms with Gasteiger partial charge in [0.1, 0.15) is 0 Å². The lowest BCUT2D eigenvalue weighted by Crippen LogP contribution is -2.70. The monoisotopic (exact) mass is 416 g/mol. The van der Waals surface area contributed by atoms with Crippen LogP contribution in [0.15, 0.2) is 60.7 Å². The largest absolute Gasteiger partial charge is 0.351 e. The fourth-order valence-electron chi connectivity index (χ4n) is 4.65. The van der Waals surface area contributed by atoms with Crippen LogP contribution < -0.4 is 10.2 Å². The molecule has 0 aromatic heterocycles. The van der Waals surface area contributed by atoms with Gasteiger partial charge in [0, 0.05) is 11.7 Å². The number of anilines is 1. The molecule has 1 aliphatic carbocycles. The van der Waals surface area contributed by atoms with Crippen LogP contribution in [0.4, 0.5) is 5.69 Å². The first-order chi connectivity index (χ1) is 15.0. The van der Waals surface area contributed by atoms with E-state index in [0.29, 0.717) is 5.92 Å². The second kappa shape index (κ2) is 9.09. The van der Waals surface area contributed by atoms with Crippen molar-refractivity contribution in [2.45, 2.75) is 69.9 Å². The number of rotatable bonds is 6. The molecule has 31 heavy (non-hydrogen) atoms. The van der Waals surface area contributed by atoms with E-state index in [0.717, 1.165) is 36.9 Å². The SMILES string of the molecule is CC(C)c1ccc(N2C(=O)C[C@]2(/C=C/c2ccccc2)C(=O)NC2CCCCC2)cc1. The molecule has 4 heteroatoms. The average molecular weight is 417 g/mol. The van der Waals surface area contributed by atoms with E-state index in [1.54, 1.807) is 4.90 Å². The summed E-state index contributed by atoms with van der Waals surface area (Å²) in [5.74, 6) is 0.325. The van der Waals surface area contributed by atoms with E-state index < -0.39 is 5.54 Å². The standard InChI is InChI=1S/C27H32N2O2/c1-20(2)22-13-15-24(16-14-22)29-25(30)19-27(29,18-17-21-9-5-3-6-10-21)26(31)28-23-11-7-4-8-12-23/h3,5-6,9-10,13-18,20,23H,4,7-8,11-12,19H2,1-2H3,(H,28,31)/b18-17+/t27-/m1/s1. The first-order valence-electron chi connectivity index (χ1n) is 11.5. The van der Waals surface area contributed by atoms with Crippen molar-refractivity contribution in [3.8, 4) is 0 Å². The Labute approximate surface area is 185 Å². The van der Waals surface area contributed by atoms with Gasteiger partial charge in [-0.15, -0.1) is 0 Å². The first kappa shape index (κ1) is 21.4. The Morgan fingerprint density at radius 2 is 1.71 bits per heavy atom. The molecule has 1 saturated carbocycles. The van der Waals surface area contributed by atoms with Crippen molar-refractivity contribution in [3.05, 3.63) is 71.8 Å². The van der Waals surface area contributed by atoms with Gasteiger partial charge in [-0.2, -0.15) is 0 Å². The quantitative estimate of drug-likeness (QED) is 0.637. The molecule has 4 nitrogen and oxygen atoms in total. The van der Waals surface area contributed by atoms with Crippen LogP contribution in [0.3, 0.4) is 0 Å². The lowest BCUT2D eigenvalue weighted by Gasteiger charge is -2.49. The summed E-state index contributed by atoms with van der Waals surface area (Å²) in [6.45, 7) is 4.29. The molecule has 2 fully saturated rings. The second-order valence-corrected chi connectivity index (χ2v) is 9.13. The number of carbonyl (C=O) groups excluding carboxylic acids is 2. The van der Waals surface area contributed by atoms with E-state index in [1.807, 2.05) is 54.6 Å². The average Bonchev–Trinajstić information content (AvgIpc) is 2.78. The van der Waals surface area contributed by atoms with E-state index in [1.165, 1.54) is 12.0 Å². The van der Waals surface area contributed by atoms with E-state index >= 15 is 0 Å². The van der Waals surface area contributed by atoms with Crippen LogP contribution in [0.1, 0.15) is 69.4 Å². The van der Waals surface area contributed by atoms with Gasteiger partial charge in [-0.25, -0.2) is 0 Å². The zero-order chi connectivity index (χ0) is 21.8. The van der Waals surface area contributed by atoms with Gasteiger partial charge in [0.2, 0.25) is 5.91 Å². The van der Waals surface area contributed by atoms with E-state index in [2.05, 4.69) is 31.3 Å². The molecule has 2 amide bonds. The van der Waals surface area contributed by atoms with Crippen molar-refractivity contribution in [3.63, 3.8) is 0 Å². The maximum atomic E-state index is 13.6. The molecule has 4 rings (SSSR count). The van der Waals surface area contributed by atoms with Crippen molar-refractivity contribution >= 4 is 23.6 Å². The number of benzene rings is 2. The third-order valence-corrected chi connectivity index (χ3v) is 6.57. The van der Waals surface area contributed by atoms with Crippen LogP contribution in [0.25, 0.3) is 6.08 Å². The van der Waals surface area contributed by atoms with Gasteiger partial charge < -0.3 is 5.32 Å². The van der Waals surface area contributed by atoms with Gasteiger partial charge >= 0.3 is 0 Å². The maximum absolute atomic E-state index is 13.6. The number of hydrogen-bond acceptors (Lipinski definition) is 2. The van der Waals surface area contributed by atoms with Gasteiger partial charge in [-0.05, 0) is 48.1 Å². The molecule has 1 heterocycles. The number of nitrogens with zero attached hydrogens (tertiary/aromatic N) is 1. The van der Waals surface area contributed by atoms with Crippen LogP contribution >= 0.6 is 0 Å². The summed E-state index contributed by atoms with van der Waals surface area (Å²) in [5.41, 5.74) is 2.02. The molecular formula is C27H32N2O2. The Balaban J connectivity index is 1.66. The number of carbonyl (C=O) groups is 2. The Morgan fingerprint density at radius 1 is 1.03 bits per heavy atom. The summed E-state index contributed by atoms with van der Waals surface area (Å²) in [6.07, 6.45) is 9.64. The summed E-state index contributed by atoms with van der Waals surface area (Å²) >= 11 is 0. The Kier molecular flexibility index (Phi) is 6.26. The minimum absolute atomic E-state index is 0.0196. The zero-order valence-electron chi connectivity index (χ0n) is 18.5. The molecule has 2 aliphatic rings. The van der Waals surface area contributed by atoms with Crippen molar-refractivity contribution in [2.75, 3.05) is 4.90 Å². The summed E-state index contributed by atoms with van der Waals surface area (Å²) in [4.78, 5) is 28.0. The fourth-order valence-corrected chi connectivity index (χ4v) is 4.65. The number of amides is 2. The van der Waals surface area contributed by atoms with Gasteiger partial charge in [-0.3, -0.25) is 14.5 Å². The van der Waals surface area contributed by atoms with Crippen molar-refractivity contribution in [1.82, 2.24) is 5.32 Å². The molecular weight excluding hydrogens is 384 g/mol. The third-order valence-electron chi connectivity index (χ3n) is 6.57. The zero-order valence-corrected chi connectivity index (χ0v) is 18.5. The minimum atomic E-state index is -0.982. The lowest BCUT2D eigenvalue weighted by atomic mass is 9.80. The van der Waals surface area contributed by atoms with Gasteiger partial charge in [-0.1, -0.05) is 81.7 Å². The van der Waals surface area contributed by atoms with Crippen LogP contribution in [0.2, 0.25) is 0 Å². The Bertz CT molecular complexity index is 943. The topological polar surface area (TPSA) is 49.4 Å². The molecule has 0 unspecified atom stereocenters. The lowest BCUT2D eigenvalue weighted by molar-refractivity contribution is -0.137. The van der Waals surface area contributed by atoms with Gasteiger partial charge in [0.25, 0.3) is 5.91 Å². The molecule has 0 spiro atoms. The smallest absolute Gasteiger partial charge is 0.251 e. The van der Waals surface area contributed by atoms with Gasteiger partial charge in [0.15, 0.2) is 5.54 Å². The molecule has 1 atom stereocenters. The first-order valence-corrected chi connectivity index (χ1v) is 11.5. The van der Waals surface area contributed by atoms with E-state index in [9.17, 15) is 9.59 Å². The molecule has 0 bridgehead atoms. The summed E-state index contributed by atoms with van der Waals surface area (Å²) < 4.78 is 0. The summed E-state index contributed by atoms with van der Waals surface area (Å²) in [5, 5.41) is 3.26. The number of β-lactam (4-membered cyclic amide) rings is 1. The highest BCUT2D eigenvalue weighted by atomic mass is 16.2.